The first-order chi connectivity index (χ1) is 17.9. The van der Waals surface area contributed by atoms with Crippen LogP contribution < -0.4 is 4.74 Å². The van der Waals surface area contributed by atoms with Crippen LogP contribution >= 0.6 is 0 Å². The number of aliphatic imine (C=N–C) groups is 1. The van der Waals surface area contributed by atoms with Gasteiger partial charge in [0.2, 0.25) is 5.78 Å². The number of Topliss-reactive ketones (excluding diaryl/α,β-unsaturated/α-hetero) is 1. The highest BCUT2D eigenvalue weighted by Gasteiger charge is 2.42. The third-order valence-electron chi connectivity index (χ3n) is 6.52. The van der Waals surface area contributed by atoms with Gasteiger partial charge in [-0.15, -0.1) is 0 Å². The van der Waals surface area contributed by atoms with Gasteiger partial charge in [-0.3, -0.25) is 9.79 Å². The number of nitriles is 1. The number of ether oxygens (including phenoxy) is 2. The number of carbonyl (C=O) groups excluding carboxylic acids is 1. The summed E-state index contributed by atoms with van der Waals surface area (Å²) in [5.74, 6) is 1.16. The highest BCUT2D eigenvalue weighted by atomic mass is 16.5. The van der Waals surface area contributed by atoms with E-state index in [1.165, 1.54) is 5.57 Å². The molecule has 188 valence electrons. The summed E-state index contributed by atoms with van der Waals surface area (Å²) in [7, 11) is 0. The molecule has 1 aliphatic carbocycles. The summed E-state index contributed by atoms with van der Waals surface area (Å²) < 4.78 is 12.2. The molecule has 0 N–H and O–H groups in total. The number of ketones is 1. The number of hydrogen-bond acceptors (Lipinski definition) is 5. The molecule has 2 aromatic rings. The van der Waals surface area contributed by atoms with Crippen molar-refractivity contribution in [2.45, 2.75) is 52.6 Å². The van der Waals surface area contributed by atoms with E-state index in [4.69, 9.17) is 19.7 Å². The van der Waals surface area contributed by atoms with E-state index in [0.29, 0.717) is 29.3 Å². The van der Waals surface area contributed by atoms with Crippen LogP contribution in [0.3, 0.4) is 0 Å². The topological polar surface area (TPSA) is 71.7 Å². The highest BCUT2D eigenvalue weighted by Crippen LogP contribution is 2.41. The molecule has 5 heteroatoms. The van der Waals surface area contributed by atoms with Gasteiger partial charge in [0, 0.05) is 5.56 Å². The van der Waals surface area contributed by atoms with Crippen LogP contribution in [0.5, 0.6) is 5.75 Å². The van der Waals surface area contributed by atoms with Crippen molar-refractivity contribution in [3.8, 4) is 11.8 Å². The smallest absolute Gasteiger partial charge is 0.210 e. The first kappa shape index (κ1) is 25.9. The van der Waals surface area contributed by atoms with E-state index in [1.54, 1.807) is 26.0 Å². The van der Waals surface area contributed by atoms with Crippen LogP contribution in [-0.4, -0.2) is 23.7 Å². The fraction of sp³-hybridized carbons (Fsp3) is 0.281. The SMILES string of the molecule is CCC(COc1ccc(C2=C(c3ccc(C#N)cc3)OC(C)(C)C2=O)cc1)=NC1=C(CC)CC=CC=C1. The summed E-state index contributed by atoms with van der Waals surface area (Å²) in [4.78, 5) is 18.1. The maximum Gasteiger partial charge on any atom is 0.210 e. The van der Waals surface area contributed by atoms with E-state index in [2.05, 4.69) is 38.1 Å². The first-order valence-electron chi connectivity index (χ1n) is 12.7. The lowest BCUT2D eigenvalue weighted by atomic mass is 9.92. The molecular weight excluding hydrogens is 460 g/mol. The Balaban J connectivity index is 1.55. The number of hydrogen-bond donors (Lipinski definition) is 0. The molecule has 4 rings (SSSR count). The van der Waals surface area contributed by atoms with E-state index in [9.17, 15) is 4.79 Å². The monoisotopic (exact) mass is 492 g/mol. The number of carbonyl (C=O) groups is 1. The van der Waals surface area contributed by atoms with Gasteiger partial charge >= 0.3 is 0 Å². The van der Waals surface area contributed by atoms with Gasteiger partial charge in [-0.05, 0) is 86.7 Å². The Morgan fingerprint density at radius 3 is 2.41 bits per heavy atom. The van der Waals surface area contributed by atoms with Gasteiger partial charge in [0.15, 0.2) is 5.60 Å². The minimum Gasteiger partial charge on any atom is -0.488 e. The molecule has 37 heavy (non-hydrogen) atoms. The molecular formula is C32H32N2O3. The molecule has 1 aliphatic heterocycles. The Hall–Kier alpha value is -4.17. The Labute approximate surface area is 219 Å². The molecule has 0 saturated carbocycles. The quantitative estimate of drug-likeness (QED) is 0.365. The van der Waals surface area contributed by atoms with Crippen LogP contribution in [-0.2, 0) is 9.53 Å². The highest BCUT2D eigenvalue weighted by molar-refractivity contribution is 6.32. The van der Waals surface area contributed by atoms with Crippen LogP contribution in [0, 0.1) is 11.3 Å². The van der Waals surface area contributed by atoms with Crippen molar-refractivity contribution in [1.82, 2.24) is 0 Å². The Kier molecular flexibility index (Phi) is 7.89. The lowest BCUT2D eigenvalue weighted by Gasteiger charge is -2.17. The molecule has 1 heterocycles. The average molecular weight is 493 g/mol. The molecule has 2 aromatic carbocycles. The minimum atomic E-state index is -0.964. The molecule has 0 fully saturated rings. The fourth-order valence-electron chi connectivity index (χ4n) is 4.29. The molecule has 0 unspecified atom stereocenters. The zero-order valence-corrected chi connectivity index (χ0v) is 21.9. The van der Waals surface area contributed by atoms with E-state index in [-0.39, 0.29) is 5.78 Å². The summed E-state index contributed by atoms with van der Waals surface area (Å²) in [5, 5.41) is 9.11. The predicted molar refractivity (Wildman–Crippen MR) is 148 cm³/mol. The summed E-state index contributed by atoms with van der Waals surface area (Å²) in [6.45, 7) is 8.18. The minimum absolute atomic E-state index is 0.0770. The molecule has 0 radical (unpaired) electrons. The van der Waals surface area contributed by atoms with Crippen molar-refractivity contribution in [1.29, 1.82) is 5.26 Å². The number of benzene rings is 2. The maximum atomic E-state index is 13.2. The zero-order valence-electron chi connectivity index (χ0n) is 21.9. The Morgan fingerprint density at radius 2 is 1.76 bits per heavy atom. The van der Waals surface area contributed by atoms with Gasteiger partial charge in [-0.2, -0.15) is 5.26 Å². The van der Waals surface area contributed by atoms with E-state index in [0.717, 1.165) is 41.8 Å². The van der Waals surface area contributed by atoms with Crippen molar-refractivity contribution < 1.29 is 14.3 Å². The van der Waals surface area contributed by atoms with Crippen molar-refractivity contribution in [2.24, 2.45) is 4.99 Å². The first-order valence-corrected chi connectivity index (χ1v) is 12.7. The molecule has 0 atom stereocenters. The van der Waals surface area contributed by atoms with Gasteiger partial charge < -0.3 is 9.47 Å². The van der Waals surface area contributed by atoms with E-state index >= 15 is 0 Å². The van der Waals surface area contributed by atoms with Gasteiger partial charge in [0.25, 0.3) is 0 Å². The van der Waals surface area contributed by atoms with Crippen molar-refractivity contribution in [3.63, 3.8) is 0 Å². The molecule has 0 amide bonds. The van der Waals surface area contributed by atoms with Gasteiger partial charge in [0.05, 0.1) is 28.6 Å². The zero-order chi connectivity index (χ0) is 26.4. The normalized spacial score (nSPS) is 17.1. The standard InChI is InChI=1S/C32H32N2O3/c1-5-23-10-8-7-9-11-28(23)34-26(6-2)21-36-27-18-16-24(17-19-27)29-30(37-32(3,4)31(29)35)25-14-12-22(20-33)13-15-25/h7-9,11-19H,5-6,10,21H2,1-4H3. The summed E-state index contributed by atoms with van der Waals surface area (Å²) in [5.41, 5.74) is 4.97. The summed E-state index contributed by atoms with van der Waals surface area (Å²) in [6.07, 6.45) is 11.0. The second kappa shape index (κ2) is 11.3. The van der Waals surface area contributed by atoms with E-state index < -0.39 is 5.60 Å². The second-order valence-corrected chi connectivity index (χ2v) is 9.51. The largest absolute Gasteiger partial charge is 0.488 e. The molecule has 5 nitrogen and oxygen atoms in total. The predicted octanol–water partition coefficient (Wildman–Crippen LogP) is 7.21. The average Bonchev–Trinajstić information content (AvgIpc) is 3.04. The van der Waals surface area contributed by atoms with Crippen LogP contribution in [0.25, 0.3) is 11.3 Å². The molecule has 0 aromatic heterocycles. The molecule has 0 saturated heterocycles. The lowest BCUT2D eigenvalue weighted by Crippen LogP contribution is -2.29. The van der Waals surface area contributed by atoms with Gasteiger partial charge in [-0.25, -0.2) is 0 Å². The molecule has 2 aliphatic rings. The van der Waals surface area contributed by atoms with Gasteiger partial charge in [-0.1, -0.05) is 44.2 Å². The van der Waals surface area contributed by atoms with Crippen LogP contribution in [0.1, 0.15) is 63.6 Å². The fourth-order valence-corrected chi connectivity index (χ4v) is 4.29. The van der Waals surface area contributed by atoms with Crippen LogP contribution in [0.2, 0.25) is 0 Å². The van der Waals surface area contributed by atoms with Crippen LogP contribution in [0.4, 0.5) is 0 Å². The third-order valence-corrected chi connectivity index (χ3v) is 6.52. The van der Waals surface area contributed by atoms with E-state index in [1.807, 2.05) is 42.5 Å². The Bertz CT molecular complexity index is 1360. The maximum absolute atomic E-state index is 13.2. The summed E-state index contributed by atoms with van der Waals surface area (Å²) in [6, 6.07) is 16.7. The number of nitrogens with zero attached hydrogens (tertiary/aromatic N) is 2. The van der Waals surface area contributed by atoms with Crippen LogP contribution in [0.15, 0.2) is 89.1 Å². The summed E-state index contributed by atoms with van der Waals surface area (Å²) >= 11 is 0. The van der Waals surface area contributed by atoms with Crippen molar-refractivity contribution in [3.05, 3.63) is 101 Å². The lowest BCUT2D eigenvalue weighted by molar-refractivity contribution is -0.125. The van der Waals surface area contributed by atoms with Crippen molar-refractivity contribution >= 4 is 22.8 Å². The molecule has 0 spiro atoms. The van der Waals surface area contributed by atoms with Crippen molar-refractivity contribution in [2.75, 3.05) is 6.61 Å². The number of rotatable bonds is 8. The third kappa shape index (κ3) is 5.81. The number of allylic oxidation sites excluding steroid dienone is 5. The van der Waals surface area contributed by atoms with Gasteiger partial charge in [0.1, 0.15) is 18.1 Å². The Morgan fingerprint density at radius 1 is 1.05 bits per heavy atom. The second-order valence-electron chi connectivity index (χ2n) is 9.51. The molecule has 0 bridgehead atoms.